The third-order valence-electron chi connectivity index (χ3n) is 3.97. The summed E-state index contributed by atoms with van der Waals surface area (Å²) in [6.45, 7) is -0.328. The van der Waals surface area contributed by atoms with Gasteiger partial charge in [0.1, 0.15) is 5.75 Å². The maximum absolute atomic E-state index is 12.6. The van der Waals surface area contributed by atoms with Crippen LogP contribution in [0.4, 0.5) is 17.1 Å². The van der Waals surface area contributed by atoms with E-state index >= 15 is 0 Å². The number of nitro groups is 1. The summed E-state index contributed by atoms with van der Waals surface area (Å²) in [4.78, 5) is 35.0. The van der Waals surface area contributed by atoms with Gasteiger partial charge in [0.05, 0.1) is 16.2 Å². The molecule has 0 radical (unpaired) electrons. The summed E-state index contributed by atoms with van der Waals surface area (Å²) in [5, 5.41) is 16.6. The molecule has 0 aliphatic carbocycles. The summed E-state index contributed by atoms with van der Waals surface area (Å²) in [6.07, 6.45) is 0. The molecular weight excluding hydrogens is 410 g/mol. The fourth-order valence-electron chi connectivity index (χ4n) is 2.52. The number of nitro benzene ring substituents is 1. The fraction of sp³-hybridized carbons (Fsp3) is 0.0476. The number of non-ortho nitro benzene ring substituents is 1. The molecule has 152 valence electrons. The molecule has 0 fully saturated rings. The van der Waals surface area contributed by atoms with Crippen molar-refractivity contribution in [1.29, 1.82) is 0 Å². The number of hydrogen-bond donors (Lipinski definition) is 2. The van der Waals surface area contributed by atoms with Gasteiger partial charge in [0.2, 0.25) is 0 Å². The zero-order chi connectivity index (χ0) is 21.5. The smallest absolute Gasteiger partial charge is 0.269 e. The third-order valence-corrected chi connectivity index (χ3v) is 4.22. The molecule has 8 nitrogen and oxygen atoms in total. The number of anilines is 2. The number of carbonyl (C=O) groups is 2. The Bertz CT molecular complexity index is 1070. The molecule has 30 heavy (non-hydrogen) atoms. The molecule has 3 aromatic rings. The maximum Gasteiger partial charge on any atom is 0.269 e. The van der Waals surface area contributed by atoms with Crippen LogP contribution in [0.5, 0.6) is 5.75 Å². The maximum atomic E-state index is 12.6. The van der Waals surface area contributed by atoms with Crippen molar-refractivity contribution in [3.63, 3.8) is 0 Å². The molecule has 9 heteroatoms. The molecule has 0 unspecified atom stereocenters. The van der Waals surface area contributed by atoms with Crippen molar-refractivity contribution in [3.8, 4) is 5.75 Å². The Morgan fingerprint density at radius 2 is 1.60 bits per heavy atom. The quantitative estimate of drug-likeness (QED) is 0.427. The largest absolute Gasteiger partial charge is 0.484 e. The van der Waals surface area contributed by atoms with Gasteiger partial charge in [-0.15, -0.1) is 0 Å². The normalized spacial score (nSPS) is 10.2. The number of hydrogen-bond acceptors (Lipinski definition) is 5. The SMILES string of the molecule is O=C(COc1ccc([N+](=O)[O-])cc1)Nc1ccccc1C(=O)Nc1ccc(Cl)cc1. The molecule has 0 saturated heterocycles. The zero-order valence-corrected chi connectivity index (χ0v) is 16.3. The Morgan fingerprint density at radius 3 is 2.27 bits per heavy atom. The molecule has 0 aromatic heterocycles. The molecule has 3 aromatic carbocycles. The van der Waals surface area contributed by atoms with Crippen LogP contribution in [0.15, 0.2) is 72.8 Å². The molecule has 2 amide bonds. The van der Waals surface area contributed by atoms with Crippen LogP contribution < -0.4 is 15.4 Å². The van der Waals surface area contributed by atoms with Gasteiger partial charge in [0, 0.05) is 22.8 Å². The van der Waals surface area contributed by atoms with E-state index in [-0.39, 0.29) is 17.9 Å². The lowest BCUT2D eigenvalue weighted by molar-refractivity contribution is -0.384. The van der Waals surface area contributed by atoms with Crippen molar-refractivity contribution in [1.82, 2.24) is 0 Å². The van der Waals surface area contributed by atoms with Crippen LogP contribution in [-0.4, -0.2) is 23.3 Å². The summed E-state index contributed by atoms with van der Waals surface area (Å²) >= 11 is 5.84. The van der Waals surface area contributed by atoms with E-state index < -0.39 is 16.7 Å². The molecule has 0 saturated carbocycles. The van der Waals surface area contributed by atoms with E-state index in [2.05, 4.69) is 10.6 Å². The average molecular weight is 426 g/mol. The highest BCUT2D eigenvalue weighted by Gasteiger charge is 2.14. The number of carbonyl (C=O) groups excluding carboxylic acids is 2. The van der Waals surface area contributed by atoms with E-state index in [9.17, 15) is 19.7 Å². The molecular formula is C21H16ClN3O5. The van der Waals surface area contributed by atoms with Crippen molar-refractivity contribution in [2.24, 2.45) is 0 Å². The minimum atomic E-state index is -0.525. The highest BCUT2D eigenvalue weighted by atomic mass is 35.5. The van der Waals surface area contributed by atoms with Crippen LogP contribution in [0.25, 0.3) is 0 Å². The first-order valence-electron chi connectivity index (χ1n) is 8.75. The van der Waals surface area contributed by atoms with Gasteiger partial charge in [0.15, 0.2) is 6.61 Å². The summed E-state index contributed by atoms with van der Waals surface area (Å²) in [6, 6.07) is 18.6. The summed E-state index contributed by atoms with van der Waals surface area (Å²) < 4.78 is 5.33. The van der Waals surface area contributed by atoms with E-state index in [1.54, 1.807) is 48.5 Å². The molecule has 0 aliphatic heterocycles. The molecule has 0 spiro atoms. The molecule has 0 heterocycles. The minimum absolute atomic E-state index is 0.0765. The molecule has 0 aliphatic rings. The summed E-state index contributed by atoms with van der Waals surface area (Å²) in [5.74, 6) is -0.575. The number of nitrogens with one attached hydrogen (secondary N) is 2. The lowest BCUT2D eigenvalue weighted by Gasteiger charge is -2.12. The fourth-order valence-corrected chi connectivity index (χ4v) is 2.65. The Morgan fingerprint density at radius 1 is 0.933 bits per heavy atom. The number of nitrogens with zero attached hydrogens (tertiary/aromatic N) is 1. The summed E-state index contributed by atoms with van der Waals surface area (Å²) in [5.41, 5.74) is 1.08. The lowest BCUT2D eigenvalue weighted by Crippen LogP contribution is -2.22. The number of halogens is 1. The monoisotopic (exact) mass is 425 g/mol. The van der Waals surface area contributed by atoms with Crippen molar-refractivity contribution in [3.05, 3.63) is 93.5 Å². The first-order valence-corrected chi connectivity index (χ1v) is 9.13. The van der Waals surface area contributed by atoms with Gasteiger partial charge in [-0.3, -0.25) is 19.7 Å². The molecule has 2 N–H and O–H groups in total. The first-order chi connectivity index (χ1) is 14.4. The standard InChI is InChI=1S/C21H16ClN3O5/c22-14-5-7-15(8-6-14)23-21(27)18-3-1-2-4-19(18)24-20(26)13-30-17-11-9-16(10-12-17)25(28)29/h1-12H,13H2,(H,23,27)(H,24,26). The van der Waals surface area contributed by atoms with Gasteiger partial charge >= 0.3 is 0 Å². The van der Waals surface area contributed by atoms with Gasteiger partial charge in [-0.05, 0) is 48.5 Å². The Labute approximate surface area is 176 Å². The predicted molar refractivity (Wildman–Crippen MR) is 113 cm³/mol. The van der Waals surface area contributed by atoms with Gasteiger partial charge in [0.25, 0.3) is 17.5 Å². The molecule has 0 atom stereocenters. The van der Waals surface area contributed by atoms with Crippen LogP contribution >= 0.6 is 11.6 Å². The minimum Gasteiger partial charge on any atom is -0.484 e. The Kier molecular flexibility index (Phi) is 6.61. The van der Waals surface area contributed by atoms with Crippen LogP contribution in [0.3, 0.4) is 0 Å². The van der Waals surface area contributed by atoms with Crippen molar-refractivity contribution < 1.29 is 19.2 Å². The second-order valence-corrected chi connectivity index (χ2v) is 6.53. The van der Waals surface area contributed by atoms with Gasteiger partial charge < -0.3 is 15.4 Å². The van der Waals surface area contributed by atoms with Gasteiger partial charge in [-0.25, -0.2) is 0 Å². The Hall–Kier alpha value is -3.91. The number of rotatable bonds is 7. The highest BCUT2D eigenvalue weighted by molar-refractivity contribution is 6.30. The van der Waals surface area contributed by atoms with Crippen LogP contribution in [0, 0.1) is 10.1 Å². The lowest BCUT2D eigenvalue weighted by atomic mass is 10.1. The van der Waals surface area contributed by atoms with Crippen LogP contribution in [-0.2, 0) is 4.79 Å². The van der Waals surface area contributed by atoms with Crippen LogP contribution in [0.1, 0.15) is 10.4 Å². The van der Waals surface area contributed by atoms with Crippen molar-refractivity contribution >= 4 is 40.5 Å². The average Bonchev–Trinajstić information content (AvgIpc) is 2.74. The van der Waals surface area contributed by atoms with E-state index in [0.29, 0.717) is 22.1 Å². The predicted octanol–water partition coefficient (Wildman–Crippen LogP) is 4.52. The highest BCUT2D eigenvalue weighted by Crippen LogP contribution is 2.20. The summed E-state index contributed by atoms with van der Waals surface area (Å²) in [7, 11) is 0. The van der Waals surface area contributed by atoms with Crippen molar-refractivity contribution in [2.45, 2.75) is 0 Å². The zero-order valence-electron chi connectivity index (χ0n) is 15.5. The van der Waals surface area contributed by atoms with E-state index in [0.717, 1.165) is 0 Å². The van der Waals surface area contributed by atoms with E-state index in [1.165, 1.54) is 24.3 Å². The van der Waals surface area contributed by atoms with E-state index in [4.69, 9.17) is 16.3 Å². The number of amides is 2. The van der Waals surface area contributed by atoms with Gasteiger partial charge in [-0.2, -0.15) is 0 Å². The number of benzene rings is 3. The number of para-hydroxylation sites is 1. The second-order valence-electron chi connectivity index (χ2n) is 6.09. The Balaban J connectivity index is 1.62. The van der Waals surface area contributed by atoms with Gasteiger partial charge in [-0.1, -0.05) is 23.7 Å². The van der Waals surface area contributed by atoms with Crippen molar-refractivity contribution in [2.75, 3.05) is 17.2 Å². The second kappa shape index (κ2) is 9.53. The first kappa shape index (κ1) is 20.8. The van der Waals surface area contributed by atoms with Crippen LogP contribution in [0.2, 0.25) is 5.02 Å². The molecule has 3 rings (SSSR count). The topological polar surface area (TPSA) is 111 Å². The van der Waals surface area contributed by atoms with E-state index in [1.807, 2.05) is 0 Å². The third kappa shape index (κ3) is 5.55. The number of ether oxygens (including phenoxy) is 1. The molecule has 0 bridgehead atoms.